The minimum Gasteiger partial charge on any atom is -0.346 e. The van der Waals surface area contributed by atoms with E-state index in [2.05, 4.69) is 5.32 Å². The zero-order valence-electron chi connectivity index (χ0n) is 10.7. The van der Waals surface area contributed by atoms with Gasteiger partial charge in [-0.1, -0.05) is 23.7 Å². The smallest absolute Gasteiger partial charge is 0.251 e. The van der Waals surface area contributed by atoms with Crippen molar-refractivity contribution in [2.45, 2.75) is 13.0 Å². The fourth-order valence-corrected chi connectivity index (χ4v) is 1.88. The summed E-state index contributed by atoms with van der Waals surface area (Å²) < 4.78 is 25.9. The van der Waals surface area contributed by atoms with Gasteiger partial charge in [0.15, 0.2) is 11.6 Å². The SMILES string of the molecule is CC(NC(=O)c1ccc(F)c(F)c1)c1ccc(Cl)cc1. The molecule has 0 aliphatic heterocycles. The van der Waals surface area contributed by atoms with Gasteiger partial charge in [0.2, 0.25) is 0 Å². The lowest BCUT2D eigenvalue weighted by Gasteiger charge is -2.14. The van der Waals surface area contributed by atoms with Crippen LogP contribution in [0.15, 0.2) is 42.5 Å². The van der Waals surface area contributed by atoms with Gasteiger partial charge in [-0.15, -0.1) is 0 Å². The van der Waals surface area contributed by atoms with Crippen LogP contribution in [0, 0.1) is 11.6 Å². The summed E-state index contributed by atoms with van der Waals surface area (Å²) in [7, 11) is 0. The molecule has 2 rings (SSSR count). The summed E-state index contributed by atoms with van der Waals surface area (Å²) in [6, 6.07) is 9.79. The Bertz CT molecular complexity index is 628. The van der Waals surface area contributed by atoms with E-state index in [-0.39, 0.29) is 11.6 Å². The first-order chi connectivity index (χ1) is 9.47. The van der Waals surface area contributed by atoms with Gasteiger partial charge in [-0.05, 0) is 42.8 Å². The predicted molar refractivity (Wildman–Crippen MR) is 73.7 cm³/mol. The molecule has 0 aliphatic rings. The van der Waals surface area contributed by atoms with Gasteiger partial charge in [-0.2, -0.15) is 0 Å². The Balaban J connectivity index is 2.10. The zero-order valence-corrected chi connectivity index (χ0v) is 11.4. The van der Waals surface area contributed by atoms with Gasteiger partial charge in [0, 0.05) is 10.6 Å². The molecule has 0 saturated heterocycles. The van der Waals surface area contributed by atoms with E-state index in [9.17, 15) is 13.6 Å². The Morgan fingerprint density at radius 1 is 1.10 bits per heavy atom. The normalized spacial score (nSPS) is 12.0. The van der Waals surface area contributed by atoms with Crippen LogP contribution in [-0.2, 0) is 0 Å². The van der Waals surface area contributed by atoms with Crippen LogP contribution in [0.5, 0.6) is 0 Å². The molecule has 0 saturated carbocycles. The second-order valence-corrected chi connectivity index (χ2v) is 4.81. The molecule has 5 heteroatoms. The highest BCUT2D eigenvalue weighted by Gasteiger charge is 2.13. The van der Waals surface area contributed by atoms with Crippen molar-refractivity contribution in [3.05, 3.63) is 70.2 Å². The summed E-state index contributed by atoms with van der Waals surface area (Å²) in [5, 5.41) is 3.31. The van der Waals surface area contributed by atoms with E-state index in [1.165, 1.54) is 6.07 Å². The van der Waals surface area contributed by atoms with Crippen LogP contribution in [0.3, 0.4) is 0 Å². The molecule has 1 amide bonds. The molecular formula is C15H12ClF2NO. The van der Waals surface area contributed by atoms with Crippen molar-refractivity contribution in [2.75, 3.05) is 0 Å². The van der Waals surface area contributed by atoms with Crippen LogP contribution in [0.2, 0.25) is 5.02 Å². The maximum Gasteiger partial charge on any atom is 0.251 e. The van der Waals surface area contributed by atoms with Gasteiger partial charge in [-0.25, -0.2) is 8.78 Å². The van der Waals surface area contributed by atoms with E-state index in [1.54, 1.807) is 31.2 Å². The molecule has 2 nitrogen and oxygen atoms in total. The summed E-state index contributed by atoms with van der Waals surface area (Å²) in [6.07, 6.45) is 0. The molecule has 1 N–H and O–H groups in total. The number of halogens is 3. The van der Waals surface area contributed by atoms with E-state index in [1.807, 2.05) is 0 Å². The molecule has 2 aromatic rings. The molecule has 0 radical (unpaired) electrons. The fraction of sp³-hybridized carbons (Fsp3) is 0.133. The van der Waals surface area contributed by atoms with E-state index < -0.39 is 17.5 Å². The molecule has 0 fully saturated rings. The van der Waals surface area contributed by atoms with Crippen molar-refractivity contribution in [3.63, 3.8) is 0 Å². The van der Waals surface area contributed by atoms with Crippen LogP contribution >= 0.6 is 11.6 Å². The van der Waals surface area contributed by atoms with E-state index in [4.69, 9.17) is 11.6 Å². The minimum absolute atomic E-state index is 0.0738. The van der Waals surface area contributed by atoms with Crippen molar-refractivity contribution >= 4 is 17.5 Å². The van der Waals surface area contributed by atoms with Crippen molar-refractivity contribution in [3.8, 4) is 0 Å². The standard InChI is InChI=1S/C15H12ClF2NO/c1-9(10-2-5-12(16)6-3-10)19-15(20)11-4-7-13(17)14(18)8-11/h2-9H,1H3,(H,19,20). The average molecular weight is 296 g/mol. The summed E-state index contributed by atoms with van der Waals surface area (Å²) in [5.41, 5.74) is 0.940. The summed E-state index contributed by atoms with van der Waals surface area (Å²) in [5.74, 6) is -2.49. The van der Waals surface area contributed by atoms with Crippen LogP contribution in [0.1, 0.15) is 28.9 Å². The molecule has 1 atom stereocenters. The number of amides is 1. The molecule has 2 aromatic carbocycles. The highest BCUT2D eigenvalue weighted by atomic mass is 35.5. The third kappa shape index (κ3) is 3.33. The van der Waals surface area contributed by atoms with Crippen LogP contribution < -0.4 is 5.32 Å². The van der Waals surface area contributed by atoms with Gasteiger partial charge in [-0.3, -0.25) is 4.79 Å². The van der Waals surface area contributed by atoms with E-state index >= 15 is 0 Å². The summed E-state index contributed by atoms with van der Waals surface area (Å²) in [6.45, 7) is 1.79. The van der Waals surface area contributed by atoms with Gasteiger partial charge >= 0.3 is 0 Å². The molecule has 0 heterocycles. The largest absolute Gasteiger partial charge is 0.346 e. The lowest BCUT2D eigenvalue weighted by Crippen LogP contribution is -2.26. The van der Waals surface area contributed by atoms with Crippen molar-refractivity contribution < 1.29 is 13.6 Å². The third-order valence-corrected chi connectivity index (χ3v) is 3.15. The molecule has 104 valence electrons. The molecule has 0 spiro atoms. The average Bonchev–Trinajstić information content (AvgIpc) is 2.42. The highest BCUT2D eigenvalue weighted by Crippen LogP contribution is 2.17. The van der Waals surface area contributed by atoms with Crippen molar-refractivity contribution in [1.29, 1.82) is 0 Å². The number of rotatable bonds is 3. The number of carbonyl (C=O) groups is 1. The molecule has 20 heavy (non-hydrogen) atoms. The first-order valence-corrected chi connectivity index (χ1v) is 6.36. The van der Waals surface area contributed by atoms with E-state index in [0.29, 0.717) is 5.02 Å². The Morgan fingerprint density at radius 3 is 2.35 bits per heavy atom. The van der Waals surface area contributed by atoms with Gasteiger partial charge < -0.3 is 5.32 Å². The molecule has 1 unspecified atom stereocenters. The maximum atomic E-state index is 13.1. The van der Waals surface area contributed by atoms with E-state index in [0.717, 1.165) is 17.7 Å². The topological polar surface area (TPSA) is 29.1 Å². The molecule has 0 aliphatic carbocycles. The lowest BCUT2D eigenvalue weighted by atomic mass is 10.1. The number of hydrogen-bond donors (Lipinski definition) is 1. The minimum atomic E-state index is -1.04. The second kappa shape index (κ2) is 6.01. The molecular weight excluding hydrogens is 284 g/mol. The van der Waals surface area contributed by atoms with Crippen molar-refractivity contribution in [1.82, 2.24) is 5.32 Å². The number of hydrogen-bond acceptors (Lipinski definition) is 1. The van der Waals surface area contributed by atoms with Crippen LogP contribution in [0.4, 0.5) is 8.78 Å². The lowest BCUT2D eigenvalue weighted by molar-refractivity contribution is 0.0939. The Hall–Kier alpha value is -1.94. The Labute approximate surface area is 120 Å². The number of carbonyl (C=O) groups excluding carboxylic acids is 1. The number of benzene rings is 2. The molecule has 0 bridgehead atoms. The first kappa shape index (κ1) is 14.5. The van der Waals surface area contributed by atoms with Gasteiger partial charge in [0.05, 0.1) is 6.04 Å². The van der Waals surface area contributed by atoms with Crippen LogP contribution in [0.25, 0.3) is 0 Å². The van der Waals surface area contributed by atoms with Crippen LogP contribution in [-0.4, -0.2) is 5.91 Å². The Morgan fingerprint density at radius 2 is 1.75 bits per heavy atom. The summed E-state index contributed by atoms with van der Waals surface area (Å²) in [4.78, 5) is 11.9. The number of nitrogens with one attached hydrogen (secondary N) is 1. The van der Waals surface area contributed by atoms with Gasteiger partial charge in [0.25, 0.3) is 5.91 Å². The quantitative estimate of drug-likeness (QED) is 0.907. The third-order valence-electron chi connectivity index (χ3n) is 2.90. The monoisotopic (exact) mass is 295 g/mol. The van der Waals surface area contributed by atoms with Gasteiger partial charge in [0.1, 0.15) is 0 Å². The fourth-order valence-electron chi connectivity index (χ4n) is 1.75. The highest BCUT2D eigenvalue weighted by molar-refractivity contribution is 6.30. The molecule has 0 aromatic heterocycles. The van der Waals surface area contributed by atoms with Crippen molar-refractivity contribution in [2.24, 2.45) is 0 Å². The second-order valence-electron chi connectivity index (χ2n) is 4.38. The zero-order chi connectivity index (χ0) is 14.7. The summed E-state index contributed by atoms with van der Waals surface area (Å²) >= 11 is 5.79. The first-order valence-electron chi connectivity index (χ1n) is 5.99. The maximum absolute atomic E-state index is 13.1. The Kier molecular flexibility index (Phi) is 4.35. The predicted octanol–water partition coefficient (Wildman–Crippen LogP) is 4.11.